The molecule has 72 valence electrons. The van der Waals surface area contributed by atoms with Crippen LogP contribution in [0.5, 0.6) is 5.75 Å². The Morgan fingerprint density at radius 3 is 2.92 bits per heavy atom. The molecule has 1 heterocycles. The van der Waals surface area contributed by atoms with E-state index in [-0.39, 0.29) is 12.3 Å². The van der Waals surface area contributed by atoms with E-state index in [4.69, 9.17) is 10.5 Å². The summed E-state index contributed by atoms with van der Waals surface area (Å²) < 4.78 is 6.57. The zero-order valence-electron chi connectivity index (χ0n) is 7.78. The van der Waals surface area contributed by atoms with Crippen LogP contribution >= 0.6 is 0 Å². The topological polar surface area (TPSA) is 70.1 Å². The third kappa shape index (κ3) is 1.70. The highest BCUT2D eigenvalue weighted by Gasteiger charge is 2.16. The van der Waals surface area contributed by atoms with E-state index in [0.29, 0.717) is 18.0 Å². The van der Waals surface area contributed by atoms with Gasteiger partial charge in [0, 0.05) is 6.54 Å². The second-order valence-corrected chi connectivity index (χ2v) is 2.50. The summed E-state index contributed by atoms with van der Waals surface area (Å²) in [5, 5.41) is 3.99. The van der Waals surface area contributed by atoms with Gasteiger partial charge in [-0.3, -0.25) is 9.48 Å². The van der Waals surface area contributed by atoms with Crippen molar-refractivity contribution in [2.24, 2.45) is 5.73 Å². The minimum absolute atomic E-state index is 0.0257. The first-order valence-electron chi connectivity index (χ1n) is 4.07. The van der Waals surface area contributed by atoms with Crippen LogP contribution in [0, 0.1) is 0 Å². The molecule has 1 aromatic rings. The van der Waals surface area contributed by atoms with E-state index in [9.17, 15) is 4.79 Å². The first-order valence-corrected chi connectivity index (χ1v) is 4.07. The van der Waals surface area contributed by atoms with Crippen molar-refractivity contribution in [1.29, 1.82) is 0 Å². The molecular formula is C8H13N3O2. The van der Waals surface area contributed by atoms with Crippen LogP contribution in [0.2, 0.25) is 0 Å². The molecule has 5 heteroatoms. The lowest BCUT2D eigenvalue weighted by Crippen LogP contribution is -2.18. The summed E-state index contributed by atoms with van der Waals surface area (Å²) in [4.78, 5) is 11.4. The van der Waals surface area contributed by atoms with Gasteiger partial charge in [-0.25, -0.2) is 0 Å². The predicted molar refractivity (Wildman–Crippen MR) is 47.8 cm³/mol. The molecule has 0 fully saturated rings. The van der Waals surface area contributed by atoms with Crippen molar-refractivity contribution in [1.82, 2.24) is 9.78 Å². The van der Waals surface area contributed by atoms with E-state index in [0.717, 1.165) is 0 Å². The van der Waals surface area contributed by atoms with E-state index < -0.39 is 0 Å². The molecule has 5 nitrogen and oxygen atoms in total. The Bertz CT molecular complexity index is 285. The van der Waals surface area contributed by atoms with Gasteiger partial charge < -0.3 is 10.5 Å². The molecule has 1 aromatic heterocycles. The molecule has 0 aliphatic carbocycles. The number of nitrogens with two attached hydrogens (primary N) is 1. The van der Waals surface area contributed by atoms with Crippen molar-refractivity contribution in [3.63, 3.8) is 0 Å². The molecule has 0 aromatic carbocycles. The first-order chi connectivity index (χ1) is 6.24. The number of aromatic nitrogens is 2. The molecule has 0 radical (unpaired) electrons. The number of nitrogens with zero attached hydrogens (tertiary/aromatic N) is 2. The van der Waals surface area contributed by atoms with Gasteiger partial charge in [0.1, 0.15) is 5.69 Å². The highest BCUT2D eigenvalue weighted by atomic mass is 16.5. The van der Waals surface area contributed by atoms with Gasteiger partial charge in [-0.05, 0) is 6.92 Å². The van der Waals surface area contributed by atoms with Crippen molar-refractivity contribution in [2.45, 2.75) is 13.5 Å². The average Bonchev–Trinajstić information content (AvgIpc) is 2.59. The first kappa shape index (κ1) is 9.73. The summed E-state index contributed by atoms with van der Waals surface area (Å²) in [7, 11) is 1.50. The summed E-state index contributed by atoms with van der Waals surface area (Å²) >= 11 is 0. The molecule has 0 atom stereocenters. The maximum Gasteiger partial charge on any atom is 0.198 e. The van der Waals surface area contributed by atoms with Crippen molar-refractivity contribution < 1.29 is 9.53 Å². The second-order valence-electron chi connectivity index (χ2n) is 2.50. The van der Waals surface area contributed by atoms with Gasteiger partial charge >= 0.3 is 0 Å². The third-order valence-corrected chi connectivity index (χ3v) is 1.77. The molecule has 0 bridgehead atoms. The highest BCUT2D eigenvalue weighted by Crippen LogP contribution is 2.17. The number of methoxy groups -OCH3 is 1. The summed E-state index contributed by atoms with van der Waals surface area (Å²) in [5.74, 6) is 0.327. The van der Waals surface area contributed by atoms with Crippen LogP contribution < -0.4 is 10.5 Å². The van der Waals surface area contributed by atoms with E-state index in [1.165, 1.54) is 13.3 Å². The molecule has 2 N–H and O–H groups in total. The number of aryl methyl sites for hydroxylation is 1. The third-order valence-electron chi connectivity index (χ3n) is 1.77. The Labute approximate surface area is 76.5 Å². The minimum Gasteiger partial charge on any atom is -0.493 e. The van der Waals surface area contributed by atoms with Crippen molar-refractivity contribution in [2.75, 3.05) is 13.7 Å². The van der Waals surface area contributed by atoms with E-state index in [2.05, 4.69) is 5.10 Å². The SMILES string of the molecule is CCn1ncc(OC)c1C(=O)CN. The quantitative estimate of drug-likeness (QED) is 0.670. The maximum absolute atomic E-state index is 11.4. The summed E-state index contributed by atoms with van der Waals surface area (Å²) in [6.45, 7) is 2.51. The van der Waals surface area contributed by atoms with Crippen LogP contribution in [0.15, 0.2) is 6.20 Å². The molecule has 0 unspecified atom stereocenters. The predicted octanol–water partition coefficient (Wildman–Crippen LogP) is 0.0530. The fraction of sp³-hybridized carbons (Fsp3) is 0.500. The van der Waals surface area contributed by atoms with Crippen LogP contribution in [0.3, 0.4) is 0 Å². The summed E-state index contributed by atoms with van der Waals surface area (Å²) in [6, 6.07) is 0. The Morgan fingerprint density at radius 1 is 1.77 bits per heavy atom. The van der Waals surface area contributed by atoms with Crippen LogP contribution in [-0.4, -0.2) is 29.2 Å². The molecule has 0 amide bonds. The Morgan fingerprint density at radius 2 is 2.46 bits per heavy atom. The van der Waals surface area contributed by atoms with Crippen molar-refractivity contribution >= 4 is 5.78 Å². The lowest BCUT2D eigenvalue weighted by molar-refractivity contribution is 0.0988. The number of carbonyl (C=O) groups excluding carboxylic acids is 1. The van der Waals surface area contributed by atoms with Crippen molar-refractivity contribution in [3.05, 3.63) is 11.9 Å². The zero-order chi connectivity index (χ0) is 9.84. The van der Waals surface area contributed by atoms with E-state index >= 15 is 0 Å². The summed E-state index contributed by atoms with van der Waals surface area (Å²) in [6.07, 6.45) is 1.52. The van der Waals surface area contributed by atoms with Gasteiger partial charge in [0.05, 0.1) is 19.9 Å². The standard InChI is InChI=1S/C8H13N3O2/c1-3-11-8(6(12)4-9)7(13-2)5-10-11/h5H,3-4,9H2,1-2H3. The second kappa shape index (κ2) is 4.04. The van der Waals surface area contributed by atoms with Crippen molar-refractivity contribution in [3.8, 4) is 5.75 Å². The lowest BCUT2D eigenvalue weighted by Gasteiger charge is -2.03. The molecule has 13 heavy (non-hydrogen) atoms. The molecule has 0 spiro atoms. The van der Waals surface area contributed by atoms with Gasteiger partial charge in [0.2, 0.25) is 0 Å². The van der Waals surface area contributed by atoms with Gasteiger partial charge in [-0.15, -0.1) is 0 Å². The van der Waals surface area contributed by atoms with Crippen LogP contribution in [0.25, 0.3) is 0 Å². The number of ketones is 1. The number of rotatable bonds is 4. The Hall–Kier alpha value is -1.36. The van der Waals surface area contributed by atoms with Gasteiger partial charge in [-0.1, -0.05) is 0 Å². The van der Waals surface area contributed by atoms with Crippen LogP contribution in [-0.2, 0) is 6.54 Å². The molecule has 0 aliphatic rings. The molecular weight excluding hydrogens is 170 g/mol. The van der Waals surface area contributed by atoms with Gasteiger partial charge in [0.25, 0.3) is 0 Å². The normalized spacial score (nSPS) is 10.1. The van der Waals surface area contributed by atoms with E-state index in [1.54, 1.807) is 4.68 Å². The van der Waals surface area contributed by atoms with E-state index in [1.807, 2.05) is 6.92 Å². The van der Waals surface area contributed by atoms with Gasteiger partial charge in [-0.2, -0.15) is 5.10 Å². The minimum atomic E-state index is -0.156. The smallest absolute Gasteiger partial charge is 0.198 e. The molecule has 0 aliphatic heterocycles. The molecule has 1 rings (SSSR count). The Balaban J connectivity index is 3.12. The maximum atomic E-state index is 11.4. The highest BCUT2D eigenvalue weighted by molar-refractivity contribution is 5.98. The average molecular weight is 183 g/mol. The lowest BCUT2D eigenvalue weighted by atomic mass is 10.2. The van der Waals surface area contributed by atoms with Gasteiger partial charge in [0.15, 0.2) is 11.5 Å². The largest absolute Gasteiger partial charge is 0.493 e. The van der Waals surface area contributed by atoms with Crippen LogP contribution in [0.1, 0.15) is 17.4 Å². The number of Topliss-reactive ketones (excluding diaryl/α,β-unsaturated/α-hetero) is 1. The fourth-order valence-electron chi connectivity index (χ4n) is 1.14. The Kier molecular flexibility index (Phi) is 3.02. The number of ether oxygens (including phenoxy) is 1. The molecule has 0 saturated carbocycles. The zero-order valence-corrected chi connectivity index (χ0v) is 7.78. The summed E-state index contributed by atoms with van der Waals surface area (Å²) in [5.41, 5.74) is 5.72. The van der Waals surface area contributed by atoms with Crippen LogP contribution in [0.4, 0.5) is 0 Å². The fourth-order valence-corrected chi connectivity index (χ4v) is 1.14. The number of hydrogen-bond donors (Lipinski definition) is 1. The monoisotopic (exact) mass is 183 g/mol. The molecule has 0 saturated heterocycles. The number of carbonyl (C=O) groups is 1. The number of hydrogen-bond acceptors (Lipinski definition) is 4.